The number of rotatable bonds is 6. The highest BCUT2D eigenvalue weighted by Gasteiger charge is 2.16. The molecule has 0 fully saturated rings. The van der Waals surface area contributed by atoms with Crippen LogP contribution in [0.5, 0.6) is 5.88 Å². The first kappa shape index (κ1) is 16.2. The van der Waals surface area contributed by atoms with Gasteiger partial charge in [-0.15, -0.1) is 0 Å². The molecule has 0 aliphatic rings. The molecule has 0 amide bonds. The molecule has 6 heteroatoms. The minimum atomic E-state index is -0.244. The van der Waals surface area contributed by atoms with Crippen LogP contribution in [0.3, 0.4) is 0 Å². The van der Waals surface area contributed by atoms with Gasteiger partial charge in [0.05, 0.1) is 24.9 Å². The van der Waals surface area contributed by atoms with Gasteiger partial charge in [-0.3, -0.25) is 4.99 Å². The van der Waals surface area contributed by atoms with Crippen molar-refractivity contribution < 1.29 is 9.47 Å². The van der Waals surface area contributed by atoms with Gasteiger partial charge in [-0.2, -0.15) is 0 Å². The van der Waals surface area contributed by atoms with Crippen LogP contribution in [0.1, 0.15) is 19.5 Å². The molecule has 0 aliphatic heterocycles. The summed E-state index contributed by atoms with van der Waals surface area (Å²) in [4.78, 5) is 8.49. The van der Waals surface area contributed by atoms with Gasteiger partial charge >= 0.3 is 0 Å². The van der Waals surface area contributed by atoms with Crippen LogP contribution in [0.2, 0.25) is 0 Å². The molecule has 0 radical (unpaired) electrons. The second-order valence-electron chi connectivity index (χ2n) is 4.91. The molecule has 0 bridgehead atoms. The van der Waals surface area contributed by atoms with E-state index < -0.39 is 0 Å². The number of hydrogen-bond acceptors (Lipinski definition) is 4. The van der Waals surface area contributed by atoms with E-state index in [0.29, 0.717) is 24.9 Å². The number of aromatic nitrogens is 1. The Bertz CT molecular complexity index is 447. The predicted octanol–water partition coefficient (Wildman–Crippen LogP) is 1.18. The standard InChI is InChI=1S/C14H24N4O2/c1-14(2,20-5)10-17-13(15-3)16-9-11-7-6-8-12(18-11)19-4/h6-8H,9-10H2,1-5H3,(H2,15,16,17). The molecule has 20 heavy (non-hydrogen) atoms. The molecule has 0 saturated heterocycles. The zero-order chi connectivity index (χ0) is 15.0. The van der Waals surface area contributed by atoms with Crippen molar-refractivity contribution in [3.63, 3.8) is 0 Å². The minimum Gasteiger partial charge on any atom is -0.481 e. The normalized spacial score (nSPS) is 12.2. The summed E-state index contributed by atoms with van der Waals surface area (Å²) in [5.41, 5.74) is 0.643. The summed E-state index contributed by atoms with van der Waals surface area (Å²) in [7, 11) is 5.03. The Labute approximate surface area is 120 Å². The monoisotopic (exact) mass is 280 g/mol. The van der Waals surface area contributed by atoms with E-state index in [1.807, 2.05) is 32.0 Å². The van der Waals surface area contributed by atoms with Crippen molar-refractivity contribution in [3.05, 3.63) is 23.9 Å². The lowest BCUT2D eigenvalue weighted by Crippen LogP contribution is -2.45. The fourth-order valence-corrected chi connectivity index (χ4v) is 1.43. The predicted molar refractivity (Wildman–Crippen MR) is 80.1 cm³/mol. The average Bonchev–Trinajstić information content (AvgIpc) is 2.47. The molecule has 0 spiro atoms. The van der Waals surface area contributed by atoms with Crippen LogP contribution < -0.4 is 15.4 Å². The van der Waals surface area contributed by atoms with E-state index >= 15 is 0 Å². The zero-order valence-corrected chi connectivity index (χ0v) is 12.9. The first-order chi connectivity index (χ1) is 9.50. The molecule has 0 aliphatic carbocycles. The van der Waals surface area contributed by atoms with E-state index in [-0.39, 0.29) is 5.60 Å². The minimum absolute atomic E-state index is 0.244. The van der Waals surface area contributed by atoms with E-state index in [2.05, 4.69) is 20.6 Å². The Kier molecular flexibility index (Phi) is 6.24. The van der Waals surface area contributed by atoms with Crippen LogP contribution in [-0.4, -0.2) is 44.4 Å². The van der Waals surface area contributed by atoms with E-state index in [1.54, 1.807) is 21.3 Å². The summed E-state index contributed by atoms with van der Waals surface area (Å²) < 4.78 is 10.4. The van der Waals surface area contributed by atoms with Gasteiger partial charge in [-0.25, -0.2) is 4.98 Å². The molecule has 0 saturated carbocycles. The van der Waals surface area contributed by atoms with Gasteiger partial charge in [-0.05, 0) is 19.9 Å². The summed E-state index contributed by atoms with van der Waals surface area (Å²) in [5.74, 6) is 1.31. The molecule has 0 atom stereocenters. The van der Waals surface area contributed by atoms with Crippen molar-refractivity contribution in [3.8, 4) is 5.88 Å². The summed E-state index contributed by atoms with van der Waals surface area (Å²) in [5, 5.41) is 6.41. The molecule has 1 heterocycles. The second kappa shape index (κ2) is 7.69. The van der Waals surface area contributed by atoms with E-state index in [9.17, 15) is 0 Å². The average molecular weight is 280 g/mol. The van der Waals surface area contributed by atoms with Gasteiger partial charge in [0.15, 0.2) is 5.96 Å². The summed E-state index contributed by atoms with van der Waals surface area (Å²) in [6.45, 7) is 5.26. The molecule has 0 unspecified atom stereocenters. The van der Waals surface area contributed by atoms with E-state index in [1.165, 1.54) is 0 Å². The highest BCUT2D eigenvalue weighted by molar-refractivity contribution is 5.79. The van der Waals surface area contributed by atoms with E-state index in [0.717, 1.165) is 5.69 Å². The Balaban J connectivity index is 2.49. The van der Waals surface area contributed by atoms with Gasteiger partial charge in [0, 0.05) is 26.8 Å². The number of hydrogen-bond donors (Lipinski definition) is 2. The number of nitrogens with one attached hydrogen (secondary N) is 2. The third-order valence-electron chi connectivity index (χ3n) is 2.89. The van der Waals surface area contributed by atoms with Crippen LogP contribution >= 0.6 is 0 Å². The van der Waals surface area contributed by atoms with Gasteiger partial charge in [0.1, 0.15) is 0 Å². The smallest absolute Gasteiger partial charge is 0.213 e. The van der Waals surface area contributed by atoms with Crippen molar-refractivity contribution in [1.29, 1.82) is 0 Å². The third-order valence-corrected chi connectivity index (χ3v) is 2.89. The lowest BCUT2D eigenvalue weighted by molar-refractivity contribution is 0.0268. The molecule has 1 aromatic heterocycles. The van der Waals surface area contributed by atoms with Crippen LogP contribution in [0.15, 0.2) is 23.2 Å². The Morgan fingerprint density at radius 2 is 2.05 bits per heavy atom. The van der Waals surface area contributed by atoms with Crippen LogP contribution in [0, 0.1) is 0 Å². The number of ether oxygens (including phenoxy) is 2. The van der Waals surface area contributed by atoms with Crippen molar-refractivity contribution in [2.45, 2.75) is 26.0 Å². The Morgan fingerprint density at radius 1 is 1.30 bits per heavy atom. The maximum atomic E-state index is 5.35. The van der Waals surface area contributed by atoms with Crippen molar-refractivity contribution in [2.24, 2.45) is 4.99 Å². The van der Waals surface area contributed by atoms with Crippen molar-refractivity contribution in [2.75, 3.05) is 27.8 Å². The highest BCUT2D eigenvalue weighted by atomic mass is 16.5. The van der Waals surface area contributed by atoms with E-state index in [4.69, 9.17) is 9.47 Å². The first-order valence-corrected chi connectivity index (χ1v) is 6.50. The lowest BCUT2D eigenvalue weighted by atomic mass is 10.1. The Morgan fingerprint density at radius 3 is 2.65 bits per heavy atom. The summed E-state index contributed by atoms with van der Waals surface area (Å²) >= 11 is 0. The molecule has 0 aromatic carbocycles. The van der Waals surface area contributed by atoms with Gasteiger partial charge in [0.2, 0.25) is 5.88 Å². The maximum absolute atomic E-state index is 5.35. The number of guanidine groups is 1. The van der Waals surface area contributed by atoms with Gasteiger partial charge in [0.25, 0.3) is 0 Å². The molecule has 1 aromatic rings. The van der Waals surface area contributed by atoms with Crippen LogP contribution in [-0.2, 0) is 11.3 Å². The van der Waals surface area contributed by atoms with Crippen LogP contribution in [0.4, 0.5) is 0 Å². The van der Waals surface area contributed by atoms with Crippen molar-refractivity contribution in [1.82, 2.24) is 15.6 Å². The summed E-state index contributed by atoms with van der Waals surface area (Å²) in [6, 6.07) is 5.66. The molecular weight excluding hydrogens is 256 g/mol. The molecule has 112 valence electrons. The fraction of sp³-hybridized carbons (Fsp3) is 0.571. The topological polar surface area (TPSA) is 67.8 Å². The summed E-state index contributed by atoms with van der Waals surface area (Å²) in [6.07, 6.45) is 0. The zero-order valence-electron chi connectivity index (χ0n) is 12.9. The number of nitrogens with zero attached hydrogens (tertiary/aromatic N) is 2. The SMILES string of the molecule is CN=C(NCc1cccc(OC)n1)NCC(C)(C)OC. The Hall–Kier alpha value is -1.82. The molecular formula is C14H24N4O2. The number of methoxy groups -OCH3 is 2. The number of aliphatic imine (C=N–C) groups is 1. The van der Waals surface area contributed by atoms with Crippen LogP contribution in [0.25, 0.3) is 0 Å². The third kappa shape index (κ3) is 5.44. The van der Waals surface area contributed by atoms with Gasteiger partial charge < -0.3 is 20.1 Å². The van der Waals surface area contributed by atoms with Gasteiger partial charge in [-0.1, -0.05) is 6.07 Å². The second-order valence-corrected chi connectivity index (χ2v) is 4.91. The maximum Gasteiger partial charge on any atom is 0.213 e. The largest absolute Gasteiger partial charge is 0.481 e. The fourth-order valence-electron chi connectivity index (χ4n) is 1.43. The van der Waals surface area contributed by atoms with Crippen molar-refractivity contribution >= 4 is 5.96 Å². The molecule has 6 nitrogen and oxygen atoms in total. The molecule has 1 rings (SSSR count). The lowest BCUT2D eigenvalue weighted by Gasteiger charge is -2.24. The quantitative estimate of drug-likeness (QED) is 0.605. The highest BCUT2D eigenvalue weighted by Crippen LogP contribution is 2.06. The number of pyridine rings is 1. The first-order valence-electron chi connectivity index (χ1n) is 6.50. The molecule has 2 N–H and O–H groups in total.